The first-order valence-corrected chi connectivity index (χ1v) is 14.6. The van der Waals surface area contributed by atoms with Crippen molar-refractivity contribution >= 4 is 35.9 Å². The number of carbonyl (C=O) groups is 4. The van der Waals surface area contributed by atoms with Crippen LogP contribution in [0.2, 0.25) is 0 Å². The van der Waals surface area contributed by atoms with E-state index in [1.807, 2.05) is 48.6 Å². The standard InChI is InChI=1S/C33H29N3O4.C2HF3O2/c1-2-3-12-31-35-29-18-17-25(34-32(38)27-10-5-4-8-24(27)21-37)19-30(29)36(31)20-22-13-15-23(16-14-22)26-9-6-7-11-28(26)33(39)40;3-2(4,5)1(6)7/h4-11,13-18,21H,2-3,12,19-20H2,1H3,(H,39,40);(H,6,7). The molecule has 0 fully saturated rings. The molecular formula is C35H30F3N3O6. The Hall–Kier alpha value is -5.65. The molecule has 4 aromatic rings. The molecule has 0 bridgehead atoms. The van der Waals surface area contributed by atoms with E-state index in [1.165, 1.54) is 0 Å². The Balaban J connectivity index is 0.000000644. The van der Waals surface area contributed by atoms with E-state index in [2.05, 4.69) is 16.5 Å². The van der Waals surface area contributed by atoms with Crippen molar-refractivity contribution in [1.82, 2.24) is 9.55 Å². The summed E-state index contributed by atoms with van der Waals surface area (Å²) < 4.78 is 33.9. The topological polar surface area (TPSA) is 139 Å². The van der Waals surface area contributed by atoms with Gasteiger partial charge in [-0.1, -0.05) is 74.0 Å². The van der Waals surface area contributed by atoms with Crippen LogP contribution in [0.15, 0.2) is 83.9 Å². The Labute approximate surface area is 267 Å². The van der Waals surface area contributed by atoms with Gasteiger partial charge in [-0.3, -0.25) is 9.59 Å². The monoisotopic (exact) mass is 645 g/mol. The van der Waals surface area contributed by atoms with Gasteiger partial charge < -0.3 is 14.8 Å². The van der Waals surface area contributed by atoms with Gasteiger partial charge in [-0.05, 0) is 47.4 Å². The third-order valence-electron chi connectivity index (χ3n) is 7.29. The normalized spacial score (nSPS) is 13.0. The lowest BCUT2D eigenvalue weighted by Crippen LogP contribution is -2.21. The summed E-state index contributed by atoms with van der Waals surface area (Å²) in [5, 5.41) is 16.7. The highest BCUT2D eigenvalue weighted by molar-refractivity contribution is 6.12. The first kappa shape index (κ1) is 34.2. The number of benzene rings is 3. The van der Waals surface area contributed by atoms with Gasteiger partial charge in [0.05, 0.1) is 28.2 Å². The first-order chi connectivity index (χ1) is 22.4. The number of hydrogen-bond acceptors (Lipinski definition) is 5. The number of aliphatic imine (C=N–C) groups is 1. The minimum absolute atomic E-state index is 0.268. The summed E-state index contributed by atoms with van der Waals surface area (Å²) in [6, 6.07) is 21.6. The van der Waals surface area contributed by atoms with E-state index >= 15 is 0 Å². The van der Waals surface area contributed by atoms with Crippen molar-refractivity contribution in [3.8, 4) is 11.1 Å². The largest absolute Gasteiger partial charge is 0.490 e. The average Bonchev–Trinajstić information content (AvgIpc) is 3.39. The third kappa shape index (κ3) is 8.54. The van der Waals surface area contributed by atoms with E-state index in [9.17, 15) is 32.7 Å². The van der Waals surface area contributed by atoms with Gasteiger partial charge >= 0.3 is 18.1 Å². The van der Waals surface area contributed by atoms with Crippen LogP contribution in [0.25, 0.3) is 17.2 Å². The van der Waals surface area contributed by atoms with Crippen molar-refractivity contribution in [3.05, 3.63) is 118 Å². The Morgan fingerprint density at radius 3 is 2.19 bits per heavy atom. The fraction of sp³-hybridized carbons (Fsp3) is 0.200. The average molecular weight is 646 g/mol. The molecule has 1 heterocycles. The van der Waals surface area contributed by atoms with Crippen LogP contribution in [0, 0.1) is 0 Å². The van der Waals surface area contributed by atoms with Crippen molar-refractivity contribution in [3.63, 3.8) is 0 Å². The molecule has 0 saturated heterocycles. The van der Waals surface area contributed by atoms with Crippen molar-refractivity contribution < 1.29 is 42.6 Å². The molecule has 0 unspecified atom stereocenters. The molecule has 47 heavy (non-hydrogen) atoms. The van der Waals surface area contributed by atoms with Crippen molar-refractivity contribution in [2.45, 2.75) is 45.3 Å². The Morgan fingerprint density at radius 2 is 1.57 bits per heavy atom. The van der Waals surface area contributed by atoms with Gasteiger partial charge in [0.15, 0.2) is 6.29 Å². The number of halogens is 3. The van der Waals surface area contributed by atoms with Crippen LogP contribution in [0.3, 0.4) is 0 Å². The lowest BCUT2D eigenvalue weighted by atomic mass is 9.98. The Bertz CT molecular complexity index is 1860. The molecule has 1 amide bonds. The Kier molecular flexibility index (Phi) is 11.0. The van der Waals surface area contributed by atoms with E-state index in [0.717, 1.165) is 47.6 Å². The second-order valence-electron chi connectivity index (χ2n) is 10.5. The number of imidazole rings is 1. The van der Waals surface area contributed by atoms with Crippen LogP contribution in [0.5, 0.6) is 0 Å². The molecule has 0 spiro atoms. The molecule has 0 radical (unpaired) electrons. The highest BCUT2D eigenvalue weighted by Crippen LogP contribution is 2.26. The molecule has 2 N–H and O–H groups in total. The molecule has 0 aliphatic heterocycles. The maximum absolute atomic E-state index is 12.9. The summed E-state index contributed by atoms with van der Waals surface area (Å²) in [5.74, 6) is -3.17. The quantitative estimate of drug-likeness (QED) is 0.188. The number of carboxylic acid groups (broad SMARTS) is 2. The minimum atomic E-state index is -5.08. The van der Waals surface area contributed by atoms with Crippen molar-refractivity contribution in [1.29, 1.82) is 0 Å². The molecule has 9 nitrogen and oxygen atoms in total. The highest BCUT2D eigenvalue weighted by atomic mass is 19.4. The van der Waals surface area contributed by atoms with E-state index in [1.54, 1.807) is 36.4 Å². The molecule has 1 aromatic heterocycles. The summed E-state index contributed by atoms with van der Waals surface area (Å²) >= 11 is 0. The van der Waals surface area contributed by atoms with E-state index in [-0.39, 0.29) is 11.1 Å². The second kappa shape index (κ2) is 15.1. The lowest BCUT2D eigenvalue weighted by Gasteiger charge is -2.15. The molecule has 1 aliphatic rings. The number of allylic oxidation sites excluding steroid dienone is 1. The summed E-state index contributed by atoms with van der Waals surface area (Å²) in [6.45, 7) is 2.74. The van der Waals surface area contributed by atoms with Gasteiger partial charge in [0, 0.05) is 24.9 Å². The molecular weight excluding hydrogens is 615 g/mol. The number of nitrogens with zero attached hydrogens (tertiary/aromatic N) is 3. The van der Waals surface area contributed by atoms with Crippen molar-refractivity contribution in [2.75, 3.05) is 0 Å². The van der Waals surface area contributed by atoms with Gasteiger partial charge in [0.25, 0.3) is 5.91 Å². The summed E-state index contributed by atoms with van der Waals surface area (Å²) in [5.41, 5.74) is 5.92. The van der Waals surface area contributed by atoms with Gasteiger partial charge in [-0.15, -0.1) is 0 Å². The van der Waals surface area contributed by atoms with E-state index in [0.29, 0.717) is 36.1 Å². The Morgan fingerprint density at radius 1 is 0.936 bits per heavy atom. The maximum Gasteiger partial charge on any atom is 0.490 e. The predicted octanol–water partition coefficient (Wildman–Crippen LogP) is 6.94. The van der Waals surface area contributed by atoms with E-state index in [4.69, 9.17) is 14.9 Å². The number of aromatic nitrogens is 2. The lowest BCUT2D eigenvalue weighted by molar-refractivity contribution is -0.192. The summed E-state index contributed by atoms with van der Waals surface area (Å²) in [6.07, 6.45) is 2.63. The number of aldehydes is 1. The summed E-state index contributed by atoms with van der Waals surface area (Å²) in [7, 11) is 0. The van der Waals surface area contributed by atoms with Crippen LogP contribution in [0.1, 0.15) is 73.6 Å². The van der Waals surface area contributed by atoms with E-state index < -0.39 is 24.0 Å². The number of unbranched alkanes of at least 4 members (excludes halogenated alkanes) is 1. The molecule has 0 atom stereocenters. The SMILES string of the molecule is CCCCc1nc2c(n1Cc1ccc(-c3ccccc3C(=O)O)cc1)CC(=NC(=O)c1ccccc1C=O)C=C2.O=C(O)C(F)(F)F. The molecule has 5 rings (SSSR count). The van der Waals surface area contributed by atoms with Crippen molar-refractivity contribution in [2.24, 2.45) is 4.99 Å². The minimum Gasteiger partial charge on any atom is -0.478 e. The number of rotatable bonds is 9. The van der Waals surface area contributed by atoms with Crippen LogP contribution in [-0.2, 0) is 24.2 Å². The fourth-order valence-electron chi connectivity index (χ4n) is 4.95. The molecule has 242 valence electrons. The third-order valence-corrected chi connectivity index (χ3v) is 7.29. The smallest absolute Gasteiger partial charge is 0.478 e. The van der Waals surface area contributed by atoms with Gasteiger partial charge in [-0.25, -0.2) is 19.6 Å². The summed E-state index contributed by atoms with van der Waals surface area (Å²) in [4.78, 5) is 54.1. The number of aromatic carboxylic acids is 1. The molecule has 0 saturated carbocycles. The van der Waals surface area contributed by atoms with Crippen LogP contribution in [0.4, 0.5) is 13.2 Å². The highest BCUT2D eigenvalue weighted by Gasteiger charge is 2.38. The maximum atomic E-state index is 12.9. The number of hydrogen-bond donors (Lipinski definition) is 2. The zero-order valence-corrected chi connectivity index (χ0v) is 25.2. The first-order valence-electron chi connectivity index (χ1n) is 14.6. The van der Waals surface area contributed by atoms with Crippen LogP contribution in [-0.4, -0.2) is 55.8 Å². The zero-order chi connectivity index (χ0) is 34.1. The number of alkyl halides is 3. The number of fused-ring (bicyclic) bond motifs is 1. The second-order valence-corrected chi connectivity index (χ2v) is 10.5. The fourth-order valence-corrected chi connectivity index (χ4v) is 4.95. The number of amides is 1. The molecule has 12 heteroatoms. The molecule has 3 aromatic carbocycles. The number of aryl methyl sites for hydroxylation is 1. The number of carboxylic acids is 2. The predicted molar refractivity (Wildman–Crippen MR) is 169 cm³/mol. The van der Waals surface area contributed by atoms with Gasteiger partial charge in [-0.2, -0.15) is 13.2 Å². The number of carbonyl (C=O) groups excluding carboxylic acids is 2. The van der Waals surface area contributed by atoms with Gasteiger partial charge in [0.2, 0.25) is 0 Å². The van der Waals surface area contributed by atoms with Gasteiger partial charge in [0.1, 0.15) is 5.82 Å². The zero-order valence-electron chi connectivity index (χ0n) is 25.2. The number of aliphatic carboxylic acids is 1. The molecule has 1 aliphatic carbocycles. The van der Waals surface area contributed by atoms with Crippen LogP contribution < -0.4 is 0 Å². The van der Waals surface area contributed by atoms with Crippen LogP contribution >= 0.6 is 0 Å².